The van der Waals surface area contributed by atoms with E-state index in [1.807, 2.05) is 36.1 Å². The van der Waals surface area contributed by atoms with Gasteiger partial charge in [0.05, 0.1) is 36.5 Å². The SMILES string of the molecule is Cc1cn2c(-c3cn[nH]c3)cnc2c(Nc2cnc(CN3CCCC3)s2)n1. The van der Waals surface area contributed by atoms with Gasteiger partial charge in [-0.1, -0.05) is 11.3 Å². The van der Waals surface area contributed by atoms with Crippen molar-refractivity contribution < 1.29 is 0 Å². The van der Waals surface area contributed by atoms with E-state index in [1.165, 1.54) is 25.9 Å². The van der Waals surface area contributed by atoms with Crippen LogP contribution in [0.1, 0.15) is 23.5 Å². The molecule has 0 atom stereocenters. The number of rotatable bonds is 5. The average Bonchev–Trinajstić information content (AvgIpc) is 3.43. The summed E-state index contributed by atoms with van der Waals surface area (Å²) in [7, 11) is 0. The fraction of sp³-hybridized carbons (Fsp3) is 0.333. The summed E-state index contributed by atoms with van der Waals surface area (Å²) in [5, 5.41) is 12.4. The third-order valence-electron chi connectivity index (χ3n) is 4.76. The third kappa shape index (κ3) is 3.19. The van der Waals surface area contributed by atoms with Gasteiger partial charge >= 0.3 is 0 Å². The normalized spacial score (nSPS) is 15.0. The van der Waals surface area contributed by atoms with E-state index in [0.29, 0.717) is 0 Å². The summed E-state index contributed by atoms with van der Waals surface area (Å²) in [6.45, 7) is 5.26. The number of hydrogen-bond donors (Lipinski definition) is 2. The number of thiazole rings is 1. The molecule has 0 spiro atoms. The highest BCUT2D eigenvalue weighted by Gasteiger charge is 2.16. The number of imidazole rings is 1. The Kier molecular flexibility index (Phi) is 4.10. The van der Waals surface area contributed by atoms with Crippen molar-refractivity contribution in [3.8, 4) is 11.3 Å². The Morgan fingerprint density at radius 1 is 1.19 bits per heavy atom. The highest BCUT2D eigenvalue weighted by molar-refractivity contribution is 7.15. The maximum Gasteiger partial charge on any atom is 0.180 e. The second-order valence-electron chi connectivity index (χ2n) is 6.78. The van der Waals surface area contributed by atoms with Gasteiger partial charge in [-0.2, -0.15) is 5.10 Å². The third-order valence-corrected chi connectivity index (χ3v) is 5.66. The molecule has 0 unspecified atom stereocenters. The number of H-pyrrole nitrogens is 1. The second-order valence-corrected chi connectivity index (χ2v) is 7.90. The number of hydrogen-bond acceptors (Lipinski definition) is 7. The molecule has 0 saturated carbocycles. The van der Waals surface area contributed by atoms with Gasteiger partial charge in [-0.25, -0.2) is 15.0 Å². The molecular weight excluding hydrogens is 360 g/mol. The number of aromatic nitrogens is 6. The van der Waals surface area contributed by atoms with E-state index in [-0.39, 0.29) is 0 Å². The molecule has 2 N–H and O–H groups in total. The van der Waals surface area contributed by atoms with Crippen LogP contribution in [0.15, 0.2) is 31.0 Å². The maximum atomic E-state index is 4.65. The summed E-state index contributed by atoms with van der Waals surface area (Å²) in [6, 6.07) is 0. The van der Waals surface area contributed by atoms with E-state index in [2.05, 4.69) is 35.4 Å². The first-order valence-electron chi connectivity index (χ1n) is 9.04. The van der Waals surface area contributed by atoms with Crippen LogP contribution < -0.4 is 5.32 Å². The number of aryl methyl sites for hydroxylation is 1. The smallest absolute Gasteiger partial charge is 0.180 e. The van der Waals surface area contributed by atoms with Crippen molar-refractivity contribution in [2.24, 2.45) is 0 Å². The number of likely N-dealkylation sites (tertiary alicyclic amines) is 1. The zero-order valence-electron chi connectivity index (χ0n) is 15.0. The minimum absolute atomic E-state index is 0.737. The van der Waals surface area contributed by atoms with E-state index in [9.17, 15) is 0 Å². The molecule has 0 amide bonds. The van der Waals surface area contributed by atoms with Crippen molar-refractivity contribution in [3.05, 3.63) is 41.7 Å². The first-order chi connectivity index (χ1) is 13.3. The van der Waals surface area contributed by atoms with Gasteiger partial charge in [0.15, 0.2) is 11.5 Å². The van der Waals surface area contributed by atoms with Gasteiger partial charge < -0.3 is 5.32 Å². The van der Waals surface area contributed by atoms with Crippen LogP contribution in [0.5, 0.6) is 0 Å². The van der Waals surface area contributed by atoms with Crippen molar-refractivity contribution in [1.82, 2.24) is 34.4 Å². The lowest BCUT2D eigenvalue weighted by atomic mass is 10.3. The van der Waals surface area contributed by atoms with Crippen LogP contribution in [0.2, 0.25) is 0 Å². The lowest BCUT2D eigenvalue weighted by Gasteiger charge is -2.11. The molecule has 1 saturated heterocycles. The number of nitrogens with one attached hydrogen (secondary N) is 2. The summed E-state index contributed by atoms with van der Waals surface area (Å²) in [6.07, 6.45) is 12.0. The quantitative estimate of drug-likeness (QED) is 0.553. The van der Waals surface area contributed by atoms with Crippen LogP contribution in [0.4, 0.5) is 10.8 Å². The molecule has 5 rings (SSSR count). The van der Waals surface area contributed by atoms with Crippen molar-refractivity contribution in [1.29, 1.82) is 0 Å². The lowest BCUT2D eigenvalue weighted by Crippen LogP contribution is -2.17. The van der Waals surface area contributed by atoms with Gasteiger partial charge in [-0.15, -0.1) is 0 Å². The molecule has 1 aliphatic heterocycles. The van der Waals surface area contributed by atoms with Crippen molar-refractivity contribution >= 4 is 27.8 Å². The van der Waals surface area contributed by atoms with E-state index < -0.39 is 0 Å². The fourth-order valence-electron chi connectivity index (χ4n) is 3.49. The predicted octanol–water partition coefficient (Wildman–Crippen LogP) is 3.22. The van der Waals surface area contributed by atoms with Crippen LogP contribution in [0.3, 0.4) is 0 Å². The number of fused-ring (bicyclic) bond motifs is 1. The Morgan fingerprint density at radius 3 is 2.89 bits per heavy atom. The van der Waals surface area contributed by atoms with Crippen LogP contribution >= 0.6 is 11.3 Å². The first-order valence-corrected chi connectivity index (χ1v) is 9.86. The molecule has 4 aromatic rings. The molecule has 8 nitrogen and oxygen atoms in total. The minimum Gasteiger partial charge on any atom is -0.327 e. The van der Waals surface area contributed by atoms with Crippen molar-refractivity contribution in [2.75, 3.05) is 18.4 Å². The molecule has 0 aromatic carbocycles. The van der Waals surface area contributed by atoms with Crippen LogP contribution in [-0.2, 0) is 6.54 Å². The molecule has 0 radical (unpaired) electrons. The molecule has 0 bridgehead atoms. The molecule has 0 aliphatic carbocycles. The summed E-state index contributed by atoms with van der Waals surface area (Å²) in [5.41, 5.74) is 3.66. The standard InChI is InChI=1S/C18H20N8S/c1-12-10-26-14(13-6-21-22-7-13)8-20-18(26)17(23-12)24-15-9-19-16(27-15)11-25-4-2-3-5-25/h6-10H,2-5,11H2,1H3,(H,21,22)(H,23,24). The number of aromatic amines is 1. The minimum atomic E-state index is 0.737. The van der Waals surface area contributed by atoms with Gasteiger partial charge in [0, 0.05) is 18.0 Å². The molecule has 1 aliphatic rings. The summed E-state index contributed by atoms with van der Waals surface area (Å²) in [4.78, 5) is 16.3. The Hall–Kier alpha value is -2.78. The first kappa shape index (κ1) is 16.4. The highest BCUT2D eigenvalue weighted by atomic mass is 32.1. The fourth-order valence-corrected chi connectivity index (χ4v) is 4.35. The summed E-state index contributed by atoms with van der Waals surface area (Å²) < 4.78 is 2.04. The molecule has 4 aromatic heterocycles. The monoisotopic (exact) mass is 380 g/mol. The van der Waals surface area contributed by atoms with Gasteiger partial charge in [0.25, 0.3) is 0 Å². The molecule has 138 valence electrons. The molecule has 1 fully saturated rings. The Bertz CT molecular complexity index is 1060. The van der Waals surface area contributed by atoms with Crippen LogP contribution in [0.25, 0.3) is 16.9 Å². The Labute approximate surface area is 160 Å². The highest BCUT2D eigenvalue weighted by Crippen LogP contribution is 2.28. The van der Waals surface area contributed by atoms with Crippen LogP contribution in [-0.4, -0.2) is 47.5 Å². The van der Waals surface area contributed by atoms with Crippen LogP contribution in [0, 0.1) is 6.92 Å². The van der Waals surface area contributed by atoms with E-state index in [4.69, 9.17) is 0 Å². The zero-order chi connectivity index (χ0) is 18.2. The van der Waals surface area contributed by atoms with Gasteiger partial charge in [-0.3, -0.25) is 14.4 Å². The number of anilines is 2. The summed E-state index contributed by atoms with van der Waals surface area (Å²) in [5.74, 6) is 0.737. The largest absolute Gasteiger partial charge is 0.327 e. The zero-order valence-corrected chi connectivity index (χ0v) is 15.8. The topological polar surface area (TPSA) is 87.0 Å². The van der Waals surface area contributed by atoms with E-state index in [0.717, 1.165) is 45.0 Å². The van der Waals surface area contributed by atoms with Crippen molar-refractivity contribution in [3.63, 3.8) is 0 Å². The Balaban J connectivity index is 1.44. The van der Waals surface area contributed by atoms with Gasteiger partial charge in [0.2, 0.25) is 0 Å². The van der Waals surface area contributed by atoms with Gasteiger partial charge in [0.1, 0.15) is 10.0 Å². The van der Waals surface area contributed by atoms with E-state index >= 15 is 0 Å². The molecule has 27 heavy (non-hydrogen) atoms. The molecular formula is C18H20N8S. The second kappa shape index (κ2) is 6.75. The Morgan fingerprint density at radius 2 is 2.07 bits per heavy atom. The van der Waals surface area contributed by atoms with Crippen molar-refractivity contribution in [2.45, 2.75) is 26.3 Å². The van der Waals surface area contributed by atoms with Gasteiger partial charge in [-0.05, 0) is 32.9 Å². The van der Waals surface area contributed by atoms with E-state index in [1.54, 1.807) is 17.5 Å². The number of nitrogens with zero attached hydrogens (tertiary/aromatic N) is 6. The lowest BCUT2D eigenvalue weighted by molar-refractivity contribution is 0.331. The molecule has 5 heterocycles. The average molecular weight is 380 g/mol. The molecule has 9 heteroatoms. The summed E-state index contributed by atoms with van der Waals surface area (Å²) >= 11 is 1.68. The maximum absolute atomic E-state index is 4.65. The predicted molar refractivity (Wildman–Crippen MR) is 105 cm³/mol.